The standard InChI is InChI=1S/C14H27N3/c1-6-12-10-14(17(5)16-12)8-7-13(15-4)9-11(2)3/h10-11,13,15H,6-9H2,1-5H3. The molecule has 98 valence electrons. The van der Waals surface area contributed by atoms with Crippen LogP contribution >= 0.6 is 0 Å². The maximum atomic E-state index is 4.49. The van der Waals surface area contributed by atoms with Crippen molar-refractivity contribution in [1.82, 2.24) is 15.1 Å². The summed E-state index contributed by atoms with van der Waals surface area (Å²) in [5.41, 5.74) is 2.55. The van der Waals surface area contributed by atoms with Crippen LogP contribution in [-0.4, -0.2) is 22.9 Å². The molecule has 0 aliphatic heterocycles. The molecule has 0 aromatic carbocycles. The zero-order chi connectivity index (χ0) is 12.8. The third kappa shape index (κ3) is 4.50. The van der Waals surface area contributed by atoms with Crippen LogP contribution in [0.1, 0.15) is 45.0 Å². The van der Waals surface area contributed by atoms with Crippen molar-refractivity contribution in [2.24, 2.45) is 13.0 Å². The maximum Gasteiger partial charge on any atom is 0.0624 e. The van der Waals surface area contributed by atoms with Crippen LogP contribution in [0.2, 0.25) is 0 Å². The molecule has 0 aliphatic carbocycles. The summed E-state index contributed by atoms with van der Waals surface area (Å²) in [5.74, 6) is 0.755. The van der Waals surface area contributed by atoms with Gasteiger partial charge in [0.25, 0.3) is 0 Å². The summed E-state index contributed by atoms with van der Waals surface area (Å²) in [6, 6.07) is 2.86. The Bertz CT molecular complexity index is 328. The highest BCUT2D eigenvalue weighted by Gasteiger charge is 2.10. The largest absolute Gasteiger partial charge is 0.317 e. The molecular weight excluding hydrogens is 210 g/mol. The van der Waals surface area contributed by atoms with Crippen LogP contribution in [0.25, 0.3) is 0 Å². The van der Waals surface area contributed by atoms with E-state index in [4.69, 9.17) is 0 Å². The fourth-order valence-electron chi connectivity index (χ4n) is 2.25. The minimum atomic E-state index is 0.620. The van der Waals surface area contributed by atoms with Gasteiger partial charge in [-0.3, -0.25) is 4.68 Å². The molecule has 0 spiro atoms. The highest BCUT2D eigenvalue weighted by molar-refractivity contribution is 5.10. The van der Waals surface area contributed by atoms with E-state index >= 15 is 0 Å². The number of nitrogens with one attached hydrogen (secondary N) is 1. The minimum absolute atomic E-state index is 0.620. The Morgan fingerprint density at radius 3 is 2.59 bits per heavy atom. The predicted octanol–water partition coefficient (Wildman–Crippen LogP) is 2.55. The second kappa shape index (κ2) is 6.80. The van der Waals surface area contributed by atoms with Crippen molar-refractivity contribution < 1.29 is 0 Å². The summed E-state index contributed by atoms with van der Waals surface area (Å²) in [5, 5.41) is 7.90. The molecule has 0 fully saturated rings. The van der Waals surface area contributed by atoms with Crippen molar-refractivity contribution in [2.45, 2.75) is 52.5 Å². The molecule has 1 atom stereocenters. The van der Waals surface area contributed by atoms with Crippen LogP contribution < -0.4 is 5.32 Å². The monoisotopic (exact) mass is 237 g/mol. The van der Waals surface area contributed by atoms with E-state index in [-0.39, 0.29) is 0 Å². The van der Waals surface area contributed by atoms with Gasteiger partial charge in [0, 0.05) is 18.8 Å². The number of aromatic nitrogens is 2. The van der Waals surface area contributed by atoms with Crippen LogP contribution in [0.4, 0.5) is 0 Å². The van der Waals surface area contributed by atoms with E-state index < -0.39 is 0 Å². The van der Waals surface area contributed by atoms with Gasteiger partial charge in [-0.1, -0.05) is 20.8 Å². The fraction of sp³-hybridized carbons (Fsp3) is 0.786. The topological polar surface area (TPSA) is 29.9 Å². The number of hydrogen-bond acceptors (Lipinski definition) is 2. The SMILES string of the molecule is CCc1cc(CCC(CC(C)C)NC)n(C)n1. The molecule has 0 amide bonds. The van der Waals surface area contributed by atoms with Crippen molar-refractivity contribution in [3.8, 4) is 0 Å². The number of hydrogen-bond donors (Lipinski definition) is 1. The summed E-state index contributed by atoms with van der Waals surface area (Å²) >= 11 is 0. The van der Waals surface area contributed by atoms with E-state index in [2.05, 4.69) is 44.3 Å². The summed E-state index contributed by atoms with van der Waals surface area (Å²) in [6.45, 7) is 6.72. The van der Waals surface area contributed by atoms with Crippen molar-refractivity contribution in [2.75, 3.05) is 7.05 Å². The lowest BCUT2D eigenvalue weighted by Gasteiger charge is -2.18. The lowest BCUT2D eigenvalue weighted by Crippen LogP contribution is -2.27. The van der Waals surface area contributed by atoms with Gasteiger partial charge in [-0.2, -0.15) is 5.10 Å². The van der Waals surface area contributed by atoms with Crippen molar-refractivity contribution in [3.63, 3.8) is 0 Å². The summed E-state index contributed by atoms with van der Waals surface area (Å²) < 4.78 is 2.03. The van der Waals surface area contributed by atoms with E-state index in [9.17, 15) is 0 Å². The quantitative estimate of drug-likeness (QED) is 0.790. The molecular formula is C14H27N3. The lowest BCUT2D eigenvalue weighted by atomic mass is 9.99. The molecule has 3 nitrogen and oxygen atoms in total. The number of rotatable bonds is 7. The van der Waals surface area contributed by atoms with Crippen LogP contribution in [0, 0.1) is 5.92 Å². The molecule has 0 bridgehead atoms. The fourth-order valence-corrected chi connectivity index (χ4v) is 2.25. The molecule has 0 saturated carbocycles. The van der Waals surface area contributed by atoms with Crippen LogP contribution in [-0.2, 0) is 19.9 Å². The molecule has 1 heterocycles. The molecule has 1 aromatic heterocycles. The Morgan fingerprint density at radius 1 is 1.41 bits per heavy atom. The van der Waals surface area contributed by atoms with Gasteiger partial charge in [0.1, 0.15) is 0 Å². The van der Waals surface area contributed by atoms with E-state index in [1.165, 1.54) is 24.2 Å². The molecule has 17 heavy (non-hydrogen) atoms. The molecule has 0 radical (unpaired) electrons. The van der Waals surface area contributed by atoms with Crippen LogP contribution in [0.3, 0.4) is 0 Å². The Kier molecular flexibility index (Phi) is 5.69. The average Bonchev–Trinajstić information content (AvgIpc) is 2.65. The maximum absolute atomic E-state index is 4.49. The van der Waals surface area contributed by atoms with Crippen LogP contribution in [0.15, 0.2) is 6.07 Å². The molecule has 1 unspecified atom stereocenters. The van der Waals surface area contributed by atoms with Crippen molar-refractivity contribution >= 4 is 0 Å². The summed E-state index contributed by atoms with van der Waals surface area (Å²) in [6.07, 6.45) is 4.57. The Labute approximate surface area is 106 Å². The number of aryl methyl sites for hydroxylation is 3. The molecule has 1 rings (SSSR count). The highest BCUT2D eigenvalue weighted by atomic mass is 15.3. The minimum Gasteiger partial charge on any atom is -0.317 e. The zero-order valence-electron chi connectivity index (χ0n) is 12.0. The van der Waals surface area contributed by atoms with Gasteiger partial charge in [0.05, 0.1) is 5.69 Å². The van der Waals surface area contributed by atoms with Gasteiger partial charge in [-0.15, -0.1) is 0 Å². The first-order valence-electron chi connectivity index (χ1n) is 6.75. The van der Waals surface area contributed by atoms with Crippen LogP contribution in [0.5, 0.6) is 0 Å². The normalized spacial score (nSPS) is 13.3. The van der Waals surface area contributed by atoms with Gasteiger partial charge in [-0.05, 0) is 44.7 Å². The Balaban J connectivity index is 2.50. The van der Waals surface area contributed by atoms with Crippen molar-refractivity contribution in [3.05, 3.63) is 17.5 Å². The molecule has 0 saturated heterocycles. The van der Waals surface area contributed by atoms with E-state index in [0.29, 0.717) is 6.04 Å². The smallest absolute Gasteiger partial charge is 0.0624 e. The second-order valence-corrected chi connectivity index (χ2v) is 5.26. The van der Waals surface area contributed by atoms with Gasteiger partial charge in [0.15, 0.2) is 0 Å². The predicted molar refractivity (Wildman–Crippen MR) is 73.2 cm³/mol. The molecule has 1 N–H and O–H groups in total. The first-order chi connectivity index (χ1) is 8.06. The zero-order valence-corrected chi connectivity index (χ0v) is 12.0. The Hall–Kier alpha value is -0.830. The lowest BCUT2D eigenvalue weighted by molar-refractivity contribution is 0.418. The molecule has 1 aromatic rings. The van der Waals surface area contributed by atoms with Gasteiger partial charge in [0.2, 0.25) is 0 Å². The van der Waals surface area contributed by atoms with E-state index in [1.54, 1.807) is 0 Å². The first kappa shape index (κ1) is 14.2. The van der Waals surface area contributed by atoms with Gasteiger partial charge in [-0.25, -0.2) is 0 Å². The third-order valence-electron chi connectivity index (χ3n) is 3.30. The summed E-state index contributed by atoms with van der Waals surface area (Å²) in [7, 11) is 4.11. The van der Waals surface area contributed by atoms with Crippen molar-refractivity contribution in [1.29, 1.82) is 0 Å². The molecule has 0 aliphatic rings. The van der Waals surface area contributed by atoms with E-state index in [1.807, 2.05) is 11.7 Å². The van der Waals surface area contributed by atoms with Gasteiger partial charge < -0.3 is 5.32 Å². The molecule has 3 heteroatoms. The summed E-state index contributed by atoms with van der Waals surface area (Å²) in [4.78, 5) is 0. The van der Waals surface area contributed by atoms with E-state index in [0.717, 1.165) is 18.8 Å². The number of nitrogens with zero attached hydrogens (tertiary/aromatic N) is 2. The van der Waals surface area contributed by atoms with Gasteiger partial charge >= 0.3 is 0 Å². The Morgan fingerprint density at radius 2 is 2.12 bits per heavy atom. The first-order valence-corrected chi connectivity index (χ1v) is 6.75. The highest BCUT2D eigenvalue weighted by Crippen LogP contribution is 2.12. The second-order valence-electron chi connectivity index (χ2n) is 5.26. The third-order valence-corrected chi connectivity index (χ3v) is 3.30. The average molecular weight is 237 g/mol.